The first-order valence-electron chi connectivity index (χ1n) is 6.49. The molecule has 0 bridgehead atoms. The number of carbonyl (C=O) groups is 2. The summed E-state index contributed by atoms with van der Waals surface area (Å²) in [5.74, 6) is -0.279. The molecule has 7 heteroatoms. The summed E-state index contributed by atoms with van der Waals surface area (Å²) in [6.07, 6.45) is 2.14. The van der Waals surface area contributed by atoms with E-state index in [1.165, 1.54) is 18.4 Å². The van der Waals surface area contributed by atoms with Gasteiger partial charge in [0, 0.05) is 11.8 Å². The average molecular weight is 324 g/mol. The quantitative estimate of drug-likeness (QED) is 0.795. The van der Waals surface area contributed by atoms with Crippen molar-refractivity contribution < 1.29 is 14.3 Å². The summed E-state index contributed by atoms with van der Waals surface area (Å²) >= 11 is 2.97. The summed E-state index contributed by atoms with van der Waals surface area (Å²) in [5, 5.41) is 9.20. The van der Waals surface area contributed by atoms with Crippen molar-refractivity contribution >= 4 is 39.7 Å². The maximum absolute atomic E-state index is 11.8. The predicted octanol–water partition coefficient (Wildman–Crippen LogP) is 2.88. The zero-order chi connectivity index (χ0) is 15.1. The van der Waals surface area contributed by atoms with E-state index in [9.17, 15) is 9.59 Å². The number of nitrogens with one attached hydrogen (secondary N) is 1. The second kappa shape index (κ2) is 7.90. The molecule has 2 aromatic rings. The number of aryl methyl sites for hydroxylation is 1. The molecule has 1 N–H and O–H groups in total. The van der Waals surface area contributed by atoms with Crippen LogP contribution in [0.4, 0.5) is 5.13 Å². The monoisotopic (exact) mass is 324 g/mol. The number of hydrogen-bond acceptors (Lipinski definition) is 6. The van der Waals surface area contributed by atoms with E-state index in [4.69, 9.17) is 0 Å². The maximum atomic E-state index is 11.8. The molecule has 0 aliphatic heterocycles. The average Bonchev–Trinajstić information content (AvgIpc) is 3.10. The van der Waals surface area contributed by atoms with Gasteiger partial charge >= 0.3 is 5.97 Å². The Morgan fingerprint density at radius 3 is 2.95 bits per heavy atom. The Morgan fingerprint density at radius 2 is 2.24 bits per heavy atom. The third-order valence-corrected chi connectivity index (χ3v) is 4.32. The SMILES string of the molecule is COC(=O)CCCc1csc(NC(=O)Cc2ccsc2)n1. The van der Waals surface area contributed by atoms with Gasteiger partial charge in [0.1, 0.15) is 0 Å². The zero-order valence-electron chi connectivity index (χ0n) is 11.6. The lowest BCUT2D eigenvalue weighted by atomic mass is 10.2. The van der Waals surface area contributed by atoms with E-state index in [1.54, 1.807) is 11.3 Å². The molecular weight excluding hydrogens is 308 g/mol. The molecule has 5 nitrogen and oxygen atoms in total. The van der Waals surface area contributed by atoms with Gasteiger partial charge in [-0.15, -0.1) is 11.3 Å². The molecule has 0 saturated carbocycles. The van der Waals surface area contributed by atoms with Crippen LogP contribution in [0.3, 0.4) is 0 Å². The molecule has 0 aliphatic carbocycles. The van der Waals surface area contributed by atoms with Crippen molar-refractivity contribution in [1.82, 2.24) is 4.98 Å². The van der Waals surface area contributed by atoms with Crippen molar-refractivity contribution in [3.8, 4) is 0 Å². The van der Waals surface area contributed by atoms with Crippen LogP contribution in [-0.4, -0.2) is 24.0 Å². The minimum absolute atomic E-state index is 0.0659. The first-order valence-corrected chi connectivity index (χ1v) is 8.32. The van der Waals surface area contributed by atoms with Gasteiger partial charge in [0.25, 0.3) is 0 Å². The number of thiazole rings is 1. The molecule has 0 aliphatic rings. The summed E-state index contributed by atoms with van der Waals surface area (Å²) in [7, 11) is 1.38. The fourth-order valence-electron chi connectivity index (χ4n) is 1.74. The molecular formula is C14H16N2O3S2. The van der Waals surface area contributed by atoms with Crippen LogP contribution >= 0.6 is 22.7 Å². The summed E-state index contributed by atoms with van der Waals surface area (Å²) in [6, 6.07) is 1.93. The summed E-state index contributed by atoms with van der Waals surface area (Å²) < 4.78 is 4.58. The number of thiophene rings is 1. The second-order valence-electron chi connectivity index (χ2n) is 4.43. The fraction of sp³-hybridized carbons (Fsp3) is 0.357. The largest absolute Gasteiger partial charge is 0.469 e. The van der Waals surface area contributed by atoms with E-state index in [0.29, 0.717) is 30.8 Å². The summed E-state index contributed by atoms with van der Waals surface area (Å²) in [4.78, 5) is 27.2. The molecule has 0 unspecified atom stereocenters. The summed E-state index contributed by atoms with van der Waals surface area (Å²) in [5.41, 5.74) is 1.89. The fourth-order valence-corrected chi connectivity index (χ4v) is 3.17. The van der Waals surface area contributed by atoms with Crippen molar-refractivity contribution in [2.45, 2.75) is 25.7 Å². The Morgan fingerprint density at radius 1 is 1.38 bits per heavy atom. The molecule has 0 aromatic carbocycles. The standard InChI is InChI=1S/C14H16N2O3S2/c1-19-13(18)4-2-3-11-9-21-14(15-11)16-12(17)7-10-5-6-20-8-10/h5-6,8-9H,2-4,7H2,1H3,(H,15,16,17). The number of rotatable bonds is 7. The van der Waals surface area contributed by atoms with Gasteiger partial charge in [-0.25, -0.2) is 4.98 Å². The van der Waals surface area contributed by atoms with E-state index in [2.05, 4.69) is 15.0 Å². The van der Waals surface area contributed by atoms with Crippen LogP contribution < -0.4 is 5.32 Å². The van der Waals surface area contributed by atoms with Crippen molar-refractivity contribution in [2.24, 2.45) is 0 Å². The van der Waals surface area contributed by atoms with Crippen LogP contribution in [0, 0.1) is 0 Å². The van der Waals surface area contributed by atoms with Gasteiger partial charge in [-0.05, 0) is 35.2 Å². The number of methoxy groups -OCH3 is 1. The molecule has 2 heterocycles. The van der Waals surface area contributed by atoms with Crippen molar-refractivity contribution in [2.75, 3.05) is 12.4 Å². The number of ether oxygens (including phenoxy) is 1. The Bertz CT molecular complexity index is 593. The lowest BCUT2D eigenvalue weighted by molar-refractivity contribution is -0.140. The van der Waals surface area contributed by atoms with Crippen LogP contribution in [0.1, 0.15) is 24.1 Å². The Labute approximate surface area is 131 Å². The van der Waals surface area contributed by atoms with E-state index < -0.39 is 0 Å². The lowest BCUT2D eigenvalue weighted by Crippen LogP contribution is -2.13. The topological polar surface area (TPSA) is 68.3 Å². The van der Waals surface area contributed by atoms with Gasteiger partial charge in [-0.1, -0.05) is 0 Å². The highest BCUT2D eigenvalue weighted by atomic mass is 32.1. The molecule has 0 spiro atoms. The zero-order valence-corrected chi connectivity index (χ0v) is 13.3. The highest BCUT2D eigenvalue weighted by Crippen LogP contribution is 2.17. The van der Waals surface area contributed by atoms with Crippen LogP contribution in [0.5, 0.6) is 0 Å². The Hall–Kier alpha value is -1.73. The van der Waals surface area contributed by atoms with Crippen molar-refractivity contribution in [3.63, 3.8) is 0 Å². The maximum Gasteiger partial charge on any atom is 0.305 e. The normalized spacial score (nSPS) is 10.3. The highest BCUT2D eigenvalue weighted by Gasteiger charge is 2.08. The molecule has 0 fully saturated rings. The summed E-state index contributed by atoms with van der Waals surface area (Å²) in [6.45, 7) is 0. The molecule has 2 rings (SSSR count). The first-order chi connectivity index (χ1) is 10.2. The first kappa shape index (κ1) is 15.7. The highest BCUT2D eigenvalue weighted by molar-refractivity contribution is 7.13. The van der Waals surface area contributed by atoms with Crippen molar-refractivity contribution in [3.05, 3.63) is 33.5 Å². The number of esters is 1. The molecule has 0 saturated heterocycles. The molecule has 1 amide bonds. The molecule has 0 atom stereocenters. The number of carbonyl (C=O) groups excluding carboxylic acids is 2. The Kier molecular flexibility index (Phi) is 5.89. The van der Waals surface area contributed by atoms with Gasteiger partial charge in [-0.2, -0.15) is 11.3 Å². The smallest absolute Gasteiger partial charge is 0.305 e. The molecule has 0 radical (unpaired) electrons. The molecule has 2 aromatic heterocycles. The van der Waals surface area contributed by atoms with Gasteiger partial charge in [-0.3, -0.25) is 9.59 Å². The number of amides is 1. The van der Waals surface area contributed by atoms with Gasteiger partial charge in [0.05, 0.1) is 19.2 Å². The Balaban J connectivity index is 1.77. The van der Waals surface area contributed by atoms with Crippen LogP contribution in [0.2, 0.25) is 0 Å². The minimum Gasteiger partial charge on any atom is -0.469 e. The molecule has 112 valence electrons. The van der Waals surface area contributed by atoms with Gasteiger partial charge < -0.3 is 10.1 Å². The number of aromatic nitrogens is 1. The third kappa shape index (κ3) is 5.28. The lowest BCUT2D eigenvalue weighted by Gasteiger charge is -2.00. The second-order valence-corrected chi connectivity index (χ2v) is 6.07. The van der Waals surface area contributed by atoms with E-state index in [-0.39, 0.29) is 11.9 Å². The van der Waals surface area contributed by atoms with E-state index in [1.807, 2.05) is 22.2 Å². The van der Waals surface area contributed by atoms with Gasteiger partial charge in [0.2, 0.25) is 5.91 Å². The number of hydrogen-bond donors (Lipinski definition) is 1. The van der Waals surface area contributed by atoms with Gasteiger partial charge in [0.15, 0.2) is 5.13 Å². The van der Waals surface area contributed by atoms with Crippen molar-refractivity contribution in [1.29, 1.82) is 0 Å². The van der Waals surface area contributed by atoms with Crippen LogP contribution in [0.15, 0.2) is 22.2 Å². The number of nitrogens with zero attached hydrogens (tertiary/aromatic N) is 1. The number of anilines is 1. The third-order valence-electron chi connectivity index (χ3n) is 2.78. The minimum atomic E-state index is -0.213. The van der Waals surface area contributed by atoms with Crippen LogP contribution in [-0.2, 0) is 27.2 Å². The van der Waals surface area contributed by atoms with Crippen LogP contribution in [0.25, 0.3) is 0 Å². The van der Waals surface area contributed by atoms with E-state index in [0.717, 1.165) is 11.3 Å². The van der Waals surface area contributed by atoms with E-state index >= 15 is 0 Å². The molecule has 21 heavy (non-hydrogen) atoms. The predicted molar refractivity (Wildman–Crippen MR) is 83.7 cm³/mol.